The van der Waals surface area contributed by atoms with E-state index in [2.05, 4.69) is 21.5 Å². The molecule has 44 valence electrons. The fourth-order valence-corrected chi connectivity index (χ4v) is 0.412. The Morgan fingerprint density at radius 1 is 1.75 bits per heavy atom. The molecule has 1 heterocycles. The zero-order valence-corrected chi connectivity index (χ0v) is 4.63. The van der Waals surface area contributed by atoms with Crippen LogP contribution in [0.2, 0.25) is 0 Å². The van der Waals surface area contributed by atoms with Crippen molar-refractivity contribution in [1.29, 1.82) is 0 Å². The number of nitrogens with one attached hydrogen (secondary N) is 1. The second-order valence-electron chi connectivity index (χ2n) is 1.74. The molecule has 4 heteroatoms. The number of hydrazone groups is 1. The number of aliphatic imine (C=N–C) groups is 1. The van der Waals surface area contributed by atoms with Crippen molar-refractivity contribution >= 4 is 6.01 Å². The minimum absolute atomic E-state index is 0.0903. The van der Waals surface area contributed by atoms with Crippen molar-refractivity contribution in [3.63, 3.8) is 0 Å². The maximum absolute atomic E-state index is 5.44. The second-order valence-corrected chi connectivity index (χ2v) is 1.74. The summed E-state index contributed by atoms with van der Waals surface area (Å²) in [6, 6.07) is 2.51. The Balaban J connectivity index is 2.62. The summed E-state index contributed by atoms with van der Waals surface area (Å²) in [6.45, 7) is 1.90. The molecule has 0 amide bonds. The second kappa shape index (κ2) is 1.94. The van der Waals surface area contributed by atoms with Gasteiger partial charge in [-0.2, -0.15) is 0 Å². The Morgan fingerprint density at radius 3 is 2.88 bits per heavy atom. The normalized spacial score (nSPS) is 34.8. The first-order valence-electron chi connectivity index (χ1n) is 2.46. The van der Waals surface area contributed by atoms with Crippen LogP contribution in [0.15, 0.2) is 10.1 Å². The van der Waals surface area contributed by atoms with Crippen LogP contribution in [0.1, 0.15) is 6.92 Å². The zero-order valence-electron chi connectivity index (χ0n) is 4.63. The molecule has 1 rings (SSSR count). The summed E-state index contributed by atoms with van der Waals surface area (Å²) in [6.07, 6.45) is -0.142. The van der Waals surface area contributed by atoms with Gasteiger partial charge in [-0.05, 0) is 6.92 Å². The van der Waals surface area contributed by atoms with Crippen molar-refractivity contribution in [2.75, 3.05) is 0 Å². The van der Waals surface area contributed by atoms with E-state index in [9.17, 15) is 0 Å². The van der Waals surface area contributed by atoms with Crippen molar-refractivity contribution in [3.8, 4) is 0 Å². The molecule has 0 aromatic heterocycles. The molecule has 4 nitrogen and oxygen atoms in total. The van der Waals surface area contributed by atoms with Crippen LogP contribution in [0, 0.1) is 0 Å². The summed E-state index contributed by atoms with van der Waals surface area (Å²) in [7, 11) is 0. The molecule has 0 saturated carbocycles. The molecule has 2 unspecified atom stereocenters. The highest BCUT2D eigenvalue weighted by Gasteiger charge is 2.10. The van der Waals surface area contributed by atoms with Crippen molar-refractivity contribution in [1.82, 2.24) is 5.43 Å². The van der Waals surface area contributed by atoms with Crippen LogP contribution in [0.5, 0.6) is 0 Å². The fraction of sp³-hybridized carbons (Fsp3) is 0.750. The highest BCUT2D eigenvalue weighted by molar-refractivity contribution is 5.42. The Labute approximate surface area is 47.5 Å². The van der Waals surface area contributed by atoms with Crippen LogP contribution in [0.4, 0.5) is 0 Å². The highest BCUT2D eigenvalue weighted by atomic mass is 15.4. The first-order chi connectivity index (χ1) is 3.80. The number of hydrogen-bond acceptors (Lipinski definition) is 4. The Bertz CT molecular complexity index is 135. The lowest BCUT2D eigenvalue weighted by Crippen LogP contribution is -2.43. The third-order valence-electron chi connectivity index (χ3n) is 1.04. The Hall–Kier alpha value is -0.860. The molecule has 0 saturated heterocycles. The first kappa shape index (κ1) is 5.28. The maximum Gasteiger partial charge on any atom is 0.115 e. The number of nitrogens with two attached hydrogens (primary N) is 1. The summed E-state index contributed by atoms with van der Waals surface area (Å²) in [5, 5.41) is 3.52. The van der Waals surface area contributed by atoms with Crippen LogP contribution in [-0.4, -0.2) is 18.2 Å². The number of nitrogens with zero attached hydrogens (tertiary/aromatic N) is 2. The SMILES string of the molecule is CC1N=C=NNC1N. The zero-order chi connectivity index (χ0) is 5.98. The molecule has 8 heavy (non-hydrogen) atoms. The molecule has 0 radical (unpaired) electrons. The van der Waals surface area contributed by atoms with Crippen LogP contribution in [-0.2, 0) is 0 Å². The van der Waals surface area contributed by atoms with E-state index in [0.29, 0.717) is 0 Å². The number of hydrogen-bond donors (Lipinski definition) is 2. The molecule has 1 aliphatic rings. The molecule has 0 spiro atoms. The summed E-state index contributed by atoms with van der Waals surface area (Å²) in [5.41, 5.74) is 8.07. The molecular weight excluding hydrogens is 104 g/mol. The quantitative estimate of drug-likeness (QED) is 0.437. The molecule has 0 aromatic carbocycles. The van der Waals surface area contributed by atoms with Gasteiger partial charge in [0.15, 0.2) is 0 Å². The lowest BCUT2D eigenvalue weighted by Gasteiger charge is -2.15. The van der Waals surface area contributed by atoms with E-state index in [4.69, 9.17) is 5.73 Å². The molecule has 0 aliphatic carbocycles. The maximum atomic E-state index is 5.44. The number of rotatable bonds is 0. The van der Waals surface area contributed by atoms with E-state index in [1.54, 1.807) is 0 Å². The summed E-state index contributed by atoms with van der Waals surface area (Å²) in [5.74, 6) is 0. The standard InChI is InChI=1S/C4H8N4/c1-3-4(5)8-7-2-6-3/h3-4,8H,5H2,1H3. The monoisotopic (exact) mass is 112 g/mol. The molecule has 0 fully saturated rings. The third-order valence-corrected chi connectivity index (χ3v) is 1.04. The van der Waals surface area contributed by atoms with Gasteiger partial charge in [-0.3, -0.25) is 5.43 Å². The van der Waals surface area contributed by atoms with E-state index in [1.165, 1.54) is 0 Å². The molecule has 0 aromatic rings. The Kier molecular flexibility index (Phi) is 1.28. The predicted molar refractivity (Wildman–Crippen MR) is 30.4 cm³/mol. The van der Waals surface area contributed by atoms with Gasteiger partial charge in [-0.25, -0.2) is 4.99 Å². The van der Waals surface area contributed by atoms with Gasteiger partial charge in [0.05, 0.1) is 6.04 Å². The average molecular weight is 112 g/mol. The predicted octanol–water partition coefficient (Wildman–Crippen LogP) is -0.648. The minimum Gasteiger partial charge on any atom is -0.308 e. The summed E-state index contributed by atoms with van der Waals surface area (Å²) in [4.78, 5) is 3.81. The van der Waals surface area contributed by atoms with E-state index < -0.39 is 0 Å². The average Bonchev–Trinajstić information content (AvgIpc) is 1.77. The first-order valence-corrected chi connectivity index (χ1v) is 2.46. The third kappa shape index (κ3) is 0.857. The van der Waals surface area contributed by atoms with Gasteiger partial charge in [0.25, 0.3) is 0 Å². The van der Waals surface area contributed by atoms with Crippen LogP contribution < -0.4 is 11.2 Å². The van der Waals surface area contributed by atoms with E-state index in [1.807, 2.05) is 6.92 Å². The molecule has 3 N–H and O–H groups in total. The van der Waals surface area contributed by atoms with Gasteiger partial charge >= 0.3 is 0 Å². The lowest BCUT2D eigenvalue weighted by atomic mass is 10.3. The lowest BCUT2D eigenvalue weighted by molar-refractivity contribution is 0.465. The fourth-order valence-electron chi connectivity index (χ4n) is 0.412. The topological polar surface area (TPSA) is 62.8 Å². The molecule has 1 aliphatic heterocycles. The van der Waals surface area contributed by atoms with Crippen LogP contribution >= 0.6 is 0 Å². The molecule has 2 atom stereocenters. The highest BCUT2D eigenvalue weighted by Crippen LogP contribution is 1.92. The smallest absolute Gasteiger partial charge is 0.115 e. The van der Waals surface area contributed by atoms with Crippen LogP contribution in [0.25, 0.3) is 0 Å². The van der Waals surface area contributed by atoms with E-state index in [-0.39, 0.29) is 12.2 Å². The van der Waals surface area contributed by atoms with Gasteiger partial charge in [-0.1, -0.05) is 0 Å². The van der Waals surface area contributed by atoms with Crippen molar-refractivity contribution in [3.05, 3.63) is 0 Å². The van der Waals surface area contributed by atoms with E-state index >= 15 is 0 Å². The van der Waals surface area contributed by atoms with Gasteiger partial charge in [0.2, 0.25) is 0 Å². The summed E-state index contributed by atoms with van der Waals surface area (Å²) < 4.78 is 0. The van der Waals surface area contributed by atoms with Crippen LogP contribution in [0.3, 0.4) is 0 Å². The molecule has 0 bridgehead atoms. The van der Waals surface area contributed by atoms with Crippen molar-refractivity contribution in [2.45, 2.75) is 19.1 Å². The Morgan fingerprint density at radius 2 is 2.50 bits per heavy atom. The van der Waals surface area contributed by atoms with Gasteiger partial charge in [0.1, 0.15) is 12.2 Å². The molecular formula is C4H8N4. The van der Waals surface area contributed by atoms with E-state index in [0.717, 1.165) is 0 Å². The summed E-state index contributed by atoms with van der Waals surface area (Å²) >= 11 is 0. The van der Waals surface area contributed by atoms with Crippen molar-refractivity contribution < 1.29 is 0 Å². The van der Waals surface area contributed by atoms with Gasteiger partial charge < -0.3 is 5.73 Å². The van der Waals surface area contributed by atoms with Gasteiger partial charge in [-0.15, -0.1) is 5.10 Å². The minimum atomic E-state index is -0.142. The van der Waals surface area contributed by atoms with Gasteiger partial charge in [0, 0.05) is 0 Å². The largest absolute Gasteiger partial charge is 0.308 e. The van der Waals surface area contributed by atoms with Crippen molar-refractivity contribution in [2.24, 2.45) is 15.8 Å².